The van der Waals surface area contributed by atoms with E-state index in [0.717, 1.165) is 24.1 Å². The van der Waals surface area contributed by atoms with Gasteiger partial charge in [-0.1, -0.05) is 12.1 Å². The normalized spacial score (nSPS) is 24.1. The van der Waals surface area contributed by atoms with Gasteiger partial charge in [-0.05, 0) is 37.8 Å². The molecule has 1 aromatic carbocycles. The van der Waals surface area contributed by atoms with E-state index in [2.05, 4.69) is 11.4 Å². The van der Waals surface area contributed by atoms with Crippen LogP contribution in [0.15, 0.2) is 18.2 Å². The van der Waals surface area contributed by atoms with Crippen LogP contribution in [0.5, 0.6) is 0 Å². The first kappa shape index (κ1) is 11.0. The van der Waals surface area contributed by atoms with Gasteiger partial charge in [0.05, 0.1) is 11.3 Å². The van der Waals surface area contributed by atoms with Crippen LogP contribution in [0.2, 0.25) is 0 Å². The minimum Gasteiger partial charge on any atom is -0.379 e. The predicted octanol–water partition coefficient (Wildman–Crippen LogP) is 2.16. The van der Waals surface area contributed by atoms with Gasteiger partial charge in [-0.25, -0.2) is 0 Å². The van der Waals surface area contributed by atoms with Crippen molar-refractivity contribution in [2.75, 3.05) is 5.32 Å². The quantitative estimate of drug-likeness (QED) is 0.794. The summed E-state index contributed by atoms with van der Waals surface area (Å²) in [6, 6.07) is 8.52. The van der Waals surface area contributed by atoms with Gasteiger partial charge >= 0.3 is 0 Å². The number of nitrogens with two attached hydrogens (primary N) is 1. The van der Waals surface area contributed by atoms with Crippen LogP contribution in [-0.4, -0.2) is 12.1 Å². The van der Waals surface area contributed by atoms with Crippen molar-refractivity contribution in [1.82, 2.24) is 0 Å². The molecule has 2 atom stereocenters. The second-order valence-electron chi connectivity index (χ2n) is 4.45. The summed E-state index contributed by atoms with van der Waals surface area (Å²) >= 11 is 0. The van der Waals surface area contributed by atoms with E-state index in [9.17, 15) is 0 Å². The number of hydrogen-bond acceptors (Lipinski definition) is 3. The Balaban J connectivity index is 2.24. The largest absolute Gasteiger partial charge is 0.379 e. The number of nitrogens with zero attached hydrogens (tertiary/aromatic N) is 1. The fourth-order valence-electron chi connectivity index (χ4n) is 2.31. The van der Waals surface area contributed by atoms with Gasteiger partial charge in [0.2, 0.25) is 0 Å². The standard InChI is InChI=1S/C13H17N3/c1-9-4-2-5-10(8-14)13(9)16-12-7-3-6-11(12)15/h2,4-5,11-12,16H,3,6-7,15H2,1H3. The van der Waals surface area contributed by atoms with E-state index in [-0.39, 0.29) is 6.04 Å². The number of anilines is 1. The van der Waals surface area contributed by atoms with Gasteiger partial charge in [-0.2, -0.15) is 5.26 Å². The van der Waals surface area contributed by atoms with Crippen LogP contribution < -0.4 is 11.1 Å². The van der Waals surface area contributed by atoms with Crippen LogP contribution in [0, 0.1) is 18.3 Å². The fourth-order valence-corrected chi connectivity index (χ4v) is 2.31. The maximum Gasteiger partial charge on any atom is 0.101 e. The van der Waals surface area contributed by atoms with Gasteiger partial charge in [0.25, 0.3) is 0 Å². The van der Waals surface area contributed by atoms with Crippen LogP contribution in [-0.2, 0) is 0 Å². The second kappa shape index (κ2) is 4.54. The summed E-state index contributed by atoms with van der Waals surface area (Å²) in [5.41, 5.74) is 8.79. The molecular weight excluding hydrogens is 198 g/mol. The zero-order valence-electron chi connectivity index (χ0n) is 9.53. The molecule has 0 spiro atoms. The molecule has 84 valence electrons. The van der Waals surface area contributed by atoms with Crippen molar-refractivity contribution in [2.45, 2.75) is 38.3 Å². The Morgan fingerprint density at radius 3 is 2.88 bits per heavy atom. The van der Waals surface area contributed by atoms with Crippen LogP contribution in [0.4, 0.5) is 5.69 Å². The summed E-state index contributed by atoms with van der Waals surface area (Å²) in [5.74, 6) is 0. The minimum atomic E-state index is 0.214. The Hall–Kier alpha value is -1.53. The molecule has 0 radical (unpaired) electrons. The second-order valence-corrected chi connectivity index (χ2v) is 4.45. The Morgan fingerprint density at radius 2 is 2.25 bits per heavy atom. The molecule has 1 aliphatic rings. The molecule has 3 nitrogen and oxygen atoms in total. The van der Waals surface area contributed by atoms with Gasteiger partial charge in [-0.15, -0.1) is 0 Å². The van der Waals surface area contributed by atoms with Gasteiger partial charge in [-0.3, -0.25) is 0 Å². The molecule has 3 heteroatoms. The molecule has 3 N–H and O–H groups in total. The zero-order valence-corrected chi connectivity index (χ0v) is 9.53. The topological polar surface area (TPSA) is 61.8 Å². The highest BCUT2D eigenvalue weighted by molar-refractivity contribution is 5.62. The maximum atomic E-state index is 9.06. The number of para-hydroxylation sites is 1. The van der Waals surface area contributed by atoms with Crippen molar-refractivity contribution in [3.63, 3.8) is 0 Å². The number of aryl methyl sites for hydroxylation is 1. The summed E-state index contributed by atoms with van der Waals surface area (Å²) < 4.78 is 0. The fraction of sp³-hybridized carbons (Fsp3) is 0.462. The summed E-state index contributed by atoms with van der Waals surface area (Å²) in [5, 5.41) is 12.5. The minimum absolute atomic E-state index is 0.214. The zero-order chi connectivity index (χ0) is 11.5. The van der Waals surface area contributed by atoms with Gasteiger partial charge in [0.1, 0.15) is 6.07 Å². The smallest absolute Gasteiger partial charge is 0.101 e. The molecule has 0 saturated heterocycles. The Labute approximate surface area is 96.3 Å². The van der Waals surface area contributed by atoms with E-state index in [1.165, 1.54) is 6.42 Å². The number of rotatable bonds is 2. The van der Waals surface area contributed by atoms with Crippen molar-refractivity contribution < 1.29 is 0 Å². The van der Waals surface area contributed by atoms with Crippen LogP contribution in [0.25, 0.3) is 0 Å². The van der Waals surface area contributed by atoms with Crippen LogP contribution in [0.3, 0.4) is 0 Å². The van der Waals surface area contributed by atoms with Crippen molar-refractivity contribution >= 4 is 5.69 Å². The molecule has 2 unspecified atom stereocenters. The molecule has 0 heterocycles. The molecule has 0 aromatic heterocycles. The maximum absolute atomic E-state index is 9.06. The highest BCUT2D eigenvalue weighted by Crippen LogP contribution is 2.26. The monoisotopic (exact) mass is 215 g/mol. The molecule has 2 rings (SSSR count). The lowest BCUT2D eigenvalue weighted by molar-refractivity contribution is 0.637. The van der Waals surface area contributed by atoms with Gasteiger partial charge < -0.3 is 11.1 Å². The number of hydrogen-bond donors (Lipinski definition) is 2. The van der Waals surface area contributed by atoms with E-state index < -0.39 is 0 Å². The summed E-state index contributed by atoms with van der Waals surface area (Å²) in [6.07, 6.45) is 3.35. The third-order valence-corrected chi connectivity index (χ3v) is 3.29. The first-order valence-electron chi connectivity index (χ1n) is 5.74. The summed E-state index contributed by atoms with van der Waals surface area (Å²) in [6.45, 7) is 2.02. The Kier molecular flexibility index (Phi) is 3.12. The molecule has 1 aliphatic carbocycles. The van der Waals surface area contributed by atoms with E-state index >= 15 is 0 Å². The Morgan fingerprint density at radius 1 is 1.44 bits per heavy atom. The Bertz CT molecular complexity index is 420. The summed E-state index contributed by atoms with van der Waals surface area (Å²) in [4.78, 5) is 0. The average molecular weight is 215 g/mol. The van der Waals surface area contributed by atoms with Gasteiger partial charge in [0.15, 0.2) is 0 Å². The summed E-state index contributed by atoms with van der Waals surface area (Å²) in [7, 11) is 0. The molecule has 16 heavy (non-hydrogen) atoms. The highest BCUT2D eigenvalue weighted by Gasteiger charge is 2.24. The lowest BCUT2D eigenvalue weighted by atomic mass is 10.1. The van der Waals surface area contributed by atoms with Crippen molar-refractivity contribution in [3.8, 4) is 6.07 Å². The lowest BCUT2D eigenvalue weighted by Gasteiger charge is -2.20. The van der Waals surface area contributed by atoms with E-state index in [1.807, 2.05) is 25.1 Å². The van der Waals surface area contributed by atoms with Crippen LogP contribution >= 0.6 is 0 Å². The van der Waals surface area contributed by atoms with Crippen molar-refractivity contribution in [3.05, 3.63) is 29.3 Å². The molecule has 0 aliphatic heterocycles. The van der Waals surface area contributed by atoms with Crippen LogP contribution in [0.1, 0.15) is 30.4 Å². The van der Waals surface area contributed by atoms with Gasteiger partial charge in [0, 0.05) is 12.1 Å². The third kappa shape index (κ3) is 2.02. The van der Waals surface area contributed by atoms with E-state index in [4.69, 9.17) is 11.0 Å². The molecular formula is C13H17N3. The molecule has 0 amide bonds. The lowest BCUT2D eigenvalue weighted by Crippen LogP contribution is -2.35. The molecule has 1 fully saturated rings. The highest BCUT2D eigenvalue weighted by atomic mass is 15.0. The average Bonchev–Trinajstić information content (AvgIpc) is 2.67. The van der Waals surface area contributed by atoms with Crippen molar-refractivity contribution in [1.29, 1.82) is 5.26 Å². The predicted molar refractivity (Wildman–Crippen MR) is 65.1 cm³/mol. The number of nitriles is 1. The number of benzene rings is 1. The van der Waals surface area contributed by atoms with E-state index in [0.29, 0.717) is 11.6 Å². The first-order valence-corrected chi connectivity index (χ1v) is 5.74. The molecule has 1 aromatic rings. The van der Waals surface area contributed by atoms with Crippen molar-refractivity contribution in [2.24, 2.45) is 5.73 Å². The molecule has 1 saturated carbocycles. The first-order chi connectivity index (χ1) is 7.72. The SMILES string of the molecule is Cc1cccc(C#N)c1NC1CCCC1N. The molecule has 0 bridgehead atoms. The third-order valence-electron chi connectivity index (χ3n) is 3.29. The number of nitrogens with one attached hydrogen (secondary N) is 1. The van der Waals surface area contributed by atoms with E-state index in [1.54, 1.807) is 0 Å².